The number of aryl methyl sites for hydroxylation is 1. The summed E-state index contributed by atoms with van der Waals surface area (Å²) in [6.45, 7) is 2.56. The molecule has 0 spiro atoms. The van der Waals surface area contributed by atoms with E-state index in [-0.39, 0.29) is 12.1 Å². The summed E-state index contributed by atoms with van der Waals surface area (Å²) in [6, 6.07) is 5.12. The fourth-order valence-electron chi connectivity index (χ4n) is 2.62. The number of hydrogen-bond acceptors (Lipinski definition) is 5. The van der Waals surface area contributed by atoms with Crippen LogP contribution in [0.3, 0.4) is 0 Å². The van der Waals surface area contributed by atoms with Crippen LogP contribution in [0, 0.1) is 6.92 Å². The van der Waals surface area contributed by atoms with E-state index in [1.807, 2.05) is 13.0 Å². The largest absolute Gasteiger partial charge is 0.481 e. The number of pyridine rings is 1. The second kappa shape index (κ2) is 6.05. The Kier molecular flexibility index (Phi) is 3.95. The SMILES string of the molecule is COc1ccc(NC(=O)N2CCC[C@@H]2c2cc(C)no2)cn1. The van der Waals surface area contributed by atoms with Crippen LogP contribution in [0.25, 0.3) is 0 Å². The number of anilines is 1. The van der Waals surface area contributed by atoms with Crippen LogP contribution in [-0.4, -0.2) is 34.7 Å². The van der Waals surface area contributed by atoms with Crippen molar-refractivity contribution in [3.05, 3.63) is 35.9 Å². The zero-order valence-electron chi connectivity index (χ0n) is 12.6. The van der Waals surface area contributed by atoms with Crippen LogP contribution in [0.2, 0.25) is 0 Å². The Labute approximate surface area is 128 Å². The van der Waals surface area contributed by atoms with Gasteiger partial charge in [0.2, 0.25) is 5.88 Å². The summed E-state index contributed by atoms with van der Waals surface area (Å²) >= 11 is 0. The fourth-order valence-corrected chi connectivity index (χ4v) is 2.62. The monoisotopic (exact) mass is 302 g/mol. The molecule has 2 amide bonds. The molecule has 1 fully saturated rings. The maximum atomic E-state index is 12.5. The van der Waals surface area contributed by atoms with E-state index >= 15 is 0 Å². The van der Waals surface area contributed by atoms with Crippen LogP contribution < -0.4 is 10.1 Å². The average molecular weight is 302 g/mol. The third-order valence-electron chi connectivity index (χ3n) is 3.69. The summed E-state index contributed by atoms with van der Waals surface area (Å²) in [4.78, 5) is 18.3. The lowest BCUT2D eigenvalue weighted by Gasteiger charge is -2.22. The van der Waals surface area contributed by atoms with Crippen LogP contribution in [0.15, 0.2) is 28.9 Å². The minimum absolute atomic E-state index is 0.0626. The summed E-state index contributed by atoms with van der Waals surface area (Å²) in [6.07, 6.45) is 3.39. The van der Waals surface area contributed by atoms with Crippen molar-refractivity contribution in [2.45, 2.75) is 25.8 Å². The lowest BCUT2D eigenvalue weighted by atomic mass is 10.1. The van der Waals surface area contributed by atoms with Crippen molar-refractivity contribution in [1.29, 1.82) is 0 Å². The molecule has 1 aliphatic rings. The van der Waals surface area contributed by atoms with Crippen LogP contribution in [0.4, 0.5) is 10.5 Å². The number of aromatic nitrogens is 2. The molecule has 1 N–H and O–H groups in total. The molecule has 7 heteroatoms. The maximum absolute atomic E-state index is 12.5. The van der Waals surface area contributed by atoms with Gasteiger partial charge in [-0.15, -0.1) is 0 Å². The molecule has 1 saturated heterocycles. The van der Waals surface area contributed by atoms with Crippen molar-refractivity contribution in [3.63, 3.8) is 0 Å². The molecule has 3 heterocycles. The highest BCUT2D eigenvalue weighted by Crippen LogP contribution is 2.32. The van der Waals surface area contributed by atoms with Gasteiger partial charge in [-0.25, -0.2) is 9.78 Å². The van der Waals surface area contributed by atoms with Crippen molar-refractivity contribution in [2.75, 3.05) is 19.0 Å². The number of carbonyl (C=O) groups is 1. The second-order valence-electron chi connectivity index (χ2n) is 5.24. The summed E-state index contributed by atoms with van der Waals surface area (Å²) in [5.41, 5.74) is 1.45. The first-order valence-electron chi connectivity index (χ1n) is 7.18. The molecule has 0 bridgehead atoms. The number of nitrogens with zero attached hydrogens (tertiary/aromatic N) is 3. The van der Waals surface area contributed by atoms with Gasteiger partial charge in [0.1, 0.15) is 0 Å². The Hall–Kier alpha value is -2.57. The van der Waals surface area contributed by atoms with Crippen LogP contribution in [0.5, 0.6) is 5.88 Å². The summed E-state index contributed by atoms with van der Waals surface area (Å²) in [7, 11) is 1.55. The highest BCUT2D eigenvalue weighted by atomic mass is 16.5. The highest BCUT2D eigenvalue weighted by molar-refractivity contribution is 5.89. The normalized spacial score (nSPS) is 17.5. The molecule has 0 aliphatic carbocycles. The van der Waals surface area contributed by atoms with E-state index < -0.39 is 0 Å². The van der Waals surface area contributed by atoms with Gasteiger partial charge in [0.05, 0.1) is 30.7 Å². The Morgan fingerprint density at radius 3 is 3.00 bits per heavy atom. The molecule has 0 unspecified atom stereocenters. The molecule has 22 heavy (non-hydrogen) atoms. The van der Waals surface area contributed by atoms with E-state index in [1.165, 1.54) is 0 Å². The molecule has 0 saturated carbocycles. The van der Waals surface area contributed by atoms with Crippen LogP contribution in [-0.2, 0) is 0 Å². The van der Waals surface area contributed by atoms with Gasteiger partial charge in [-0.3, -0.25) is 0 Å². The molecule has 1 aliphatic heterocycles. The number of nitrogens with one attached hydrogen (secondary N) is 1. The summed E-state index contributed by atoms with van der Waals surface area (Å²) in [5, 5.41) is 6.75. The quantitative estimate of drug-likeness (QED) is 0.943. The number of hydrogen-bond donors (Lipinski definition) is 1. The topological polar surface area (TPSA) is 80.5 Å². The Balaban J connectivity index is 1.70. The van der Waals surface area contributed by atoms with Crippen molar-refractivity contribution < 1.29 is 14.1 Å². The predicted molar refractivity (Wildman–Crippen MR) is 79.7 cm³/mol. The average Bonchev–Trinajstić information content (AvgIpc) is 3.16. The molecule has 0 aromatic carbocycles. The molecule has 1 atom stereocenters. The number of methoxy groups -OCH3 is 1. The first-order chi connectivity index (χ1) is 10.7. The number of amides is 2. The number of ether oxygens (including phenoxy) is 1. The Morgan fingerprint density at radius 2 is 2.36 bits per heavy atom. The lowest BCUT2D eigenvalue weighted by molar-refractivity contribution is 0.195. The number of rotatable bonds is 3. The molecular weight excluding hydrogens is 284 g/mol. The second-order valence-corrected chi connectivity index (χ2v) is 5.24. The van der Waals surface area contributed by atoms with Crippen molar-refractivity contribution in [2.24, 2.45) is 0 Å². The zero-order chi connectivity index (χ0) is 15.5. The molecule has 2 aromatic rings. The van der Waals surface area contributed by atoms with Gasteiger partial charge in [0, 0.05) is 18.7 Å². The van der Waals surface area contributed by atoms with E-state index in [4.69, 9.17) is 9.26 Å². The minimum atomic E-state index is -0.163. The minimum Gasteiger partial charge on any atom is -0.481 e. The molecule has 2 aromatic heterocycles. The number of likely N-dealkylation sites (tertiary alicyclic amines) is 1. The molecular formula is C15H18N4O3. The number of carbonyl (C=O) groups excluding carboxylic acids is 1. The lowest BCUT2D eigenvalue weighted by Crippen LogP contribution is -2.34. The van der Waals surface area contributed by atoms with Gasteiger partial charge in [-0.2, -0.15) is 0 Å². The van der Waals surface area contributed by atoms with Crippen molar-refractivity contribution in [3.8, 4) is 5.88 Å². The highest BCUT2D eigenvalue weighted by Gasteiger charge is 2.32. The van der Waals surface area contributed by atoms with Gasteiger partial charge in [0.25, 0.3) is 0 Å². The Bertz CT molecular complexity index is 653. The van der Waals surface area contributed by atoms with E-state index in [0.717, 1.165) is 24.3 Å². The van der Waals surface area contributed by atoms with Crippen LogP contribution >= 0.6 is 0 Å². The van der Waals surface area contributed by atoms with Gasteiger partial charge in [-0.1, -0.05) is 5.16 Å². The van der Waals surface area contributed by atoms with Gasteiger partial charge in [-0.05, 0) is 25.8 Å². The molecule has 7 nitrogen and oxygen atoms in total. The Morgan fingerprint density at radius 1 is 1.50 bits per heavy atom. The predicted octanol–water partition coefficient (Wildman–Crippen LogP) is 2.76. The van der Waals surface area contributed by atoms with Gasteiger partial charge in [0.15, 0.2) is 5.76 Å². The first-order valence-corrected chi connectivity index (χ1v) is 7.18. The smallest absolute Gasteiger partial charge is 0.322 e. The van der Waals surface area contributed by atoms with Crippen LogP contribution in [0.1, 0.15) is 30.3 Å². The third kappa shape index (κ3) is 2.88. The van der Waals surface area contributed by atoms with Gasteiger partial charge < -0.3 is 19.5 Å². The molecule has 3 rings (SSSR count). The summed E-state index contributed by atoms with van der Waals surface area (Å²) in [5.74, 6) is 1.24. The first kappa shape index (κ1) is 14.4. The zero-order valence-corrected chi connectivity index (χ0v) is 12.6. The fraction of sp³-hybridized carbons (Fsp3) is 0.400. The van der Waals surface area contributed by atoms with E-state index in [0.29, 0.717) is 18.1 Å². The van der Waals surface area contributed by atoms with Crippen molar-refractivity contribution >= 4 is 11.7 Å². The third-order valence-corrected chi connectivity index (χ3v) is 3.69. The van der Waals surface area contributed by atoms with E-state index in [9.17, 15) is 4.79 Å². The standard InChI is InChI=1S/C15H18N4O3/c1-10-8-13(22-18-10)12-4-3-7-19(12)15(20)17-11-5-6-14(21-2)16-9-11/h5-6,8-9,12H,3-4,7H2,1-2H3,(H,17,20)/t12-/m1/s1. The molecule has 116 valence electrons. The maximum Gasteiger partial charge on any atom is 0.322 e. The van der Waals surface area contributed by atoms with Gasteiger partial charge >= 0.3 is 6.03 Å². The van der Waals surface area contributed by atoms with Crippen molar-refractivity contribution in [1.82, 2.24) is 15.0 Å². The number of urea groups is 1. The summed E-state index contributed by atoms with van der Waals surface area (Å²) < 4.78 is 10.3. The van der Waals surface area contributed by atoms with E-state index in [2.05, 4.69) is 15.5 Å². The molecule has 0 radical (unpaired) electrons. The van der Waals surface area contributed by atoms with E-state index in [1.54, 1.807) is 30.3 Å².